The summed E-state index contributed by atoms with van der Waals surface area (Å²) < 4.78 is 40.9. The Balaban J connectivity index is 1.48. The maximum Gasteiger partial charge on any atom is 0.243 e. The third kappa shape index (κ3) is 4.40. The van der Waals surface area contributed by atoms with Gasteiger partial charge in [0.1, 0.15) is 11.6 Å². The Morgan fingerprint density at radius 2 is 1.84 bits per heavy atom. The first-order valence-electron chi connectivity index (χ1n) is 11.3. The summed E-state index contributed by atoms with van der Waals surface area (Å²) in [6, 6.07) is 13.5. The molecule has 1 aromatic heterocycles. The minimum absolute atomic E-state index is 0.301. The first-order valence-corrected chi connectivity index (χ1v) is 12.8. The molecule has 0 unspecified atom stereocenters. The van der Waals surface area contributed by atoms with Crippen molar-refractivity contribution >= 4 is 21.1 Å². The van der Waals surface area contributed by atoms with Crippen molar-refractivity contribution in [1.29, 1.82) is 0 Å². The van der Waals surface area contributed by atoms with Gasteiger partial charge in [-0.2, -0.15) is 4.31 Å². The summed E-state index contributed by atoms with van der Waals surface area (Å²) in [5.74, 6) is 2.51. The molecule has 0 bridgehead atoms. The maximum atomic E-state index is 13.1. The lowest BCUT2D eigenvalue weighted by atomic mass is 10.1. The van der Waals surface area contributed by atoms with Crippen molar-refractivity contribution in [1.82, 2.24) is 13.9 Å². The average molecular weight is 456 g/mol. The van der Waals surface area contributed by atoms with Gasteiger partial charge in [0.15, 0.2) is 0 Å². The normalized spacial score (nSPS) is 17.7. The van der Waals surface area contributed by atoms with Crippen LogP contribution in [0.15, 0.2) is 47.4 Å². The van der Waals surface area contributed by atoms with E-state index in [2.05, 4.69) is 16.7 Å². The molecule has 0 atom stereocenters. The molecule has 1 aliphatic carbocycles. The van der Waals surface area contributed by atoms with Crippen LogP contribution in [-0.4, -0.2) is 55.2 Å². The van der Waals surface area contributed by atoms with E-state index in [0.29, 0.717) is 50.1 Å². The van der Waals surface area contributed by atoms with Gasteiger partial charge in [-0.1, -0.05) is 12.1 Å². The summed E-state index contributed by atoms with van der Waals surface area (Å²) in [5.41, 5.74) is 2.89. The first-order chi connectivity index (χ1) is 15.5. The molecule has 3 aromatic rings. The van der Waals surface area contributed by atoms with Crippen molar-refractivity contribution in [3.05, 3.63) is 53.9 Å². The highest BCUT2D eigenvalue weighted by atomic mass is 32.2. The van der Waals surface area contributed by atoms with E-state index in [1.54, 1.807) is 12.1 Å². The molecule has 0 amide bonds. The van der Waals surface area contributed by atoms with Gasteiger partial charge in [-0.25, -0.2) is 13.4 Å². The summed E-state index contributed by atoms with van der Waals surface area (Å²) >= 11 is 0. The molecule has 170 valence electrons. The predicted molar refractivity (Wildman–Crippen MR) is 122 cm³/mol. The van der Waals surface area contributed by atoms with Gasteiger partial charge in [-0.05, 0) is 61.6 Å². The molecule has 0 N–H and O–H groups in total. The van der Waals surface area contributed by atoms with E-state index in [1.807, 2.05) is 25.1 Å². The second-order valence-electron chi connectivity index (χ2n) is 8.50. The van der Waals surface area contributed by atoms with Crippen LogP contribution in [0.1, 0.15) is 31.2 Å². The van der Waals surface area contributed by atoms with Crippen molar-refractivity contribution in [3.63, 3.8) is 0 Å². The molecule has 2 aromatic carbocycles. The number of imidazole rings is 1. The zero-order valence-electron chi connectivity index (χ0n) is 18.4. The molecule has 32 heavy (non-hydrogen) atoms. The van der Waals surface area contributed by atoms with Crippen molar-refractivity contribution in [2.45, 2.75) is 37.6 Å². The van der Waals surface area contributed by atoms with Crippen LogP contribution < -0.4 is 4.74 Å². The molecule has 2 heterocycles. The van der Waals surface area contributed by atoms with Gasteiger partial charge in [0.2, 0.25) is 10.0 Å². The molecular formula is C24H29N3O4S. The maximum absolute atomic E-state index is 13.1. The van der Waals surface area contributed by atoms with E-state index in [1.165, 1.54) is 17.1 Å². The van der Waals surface area contributed by atoms with Gasteiger partial charge in [0, 0.05) is 26.1 Å². The fourth-order valence-corrected chi connectivity index (χ4v) is 5.63. The summed E-state index contributed by atoms with van der Waals surface area (Å²) in [6.45, 7) is 5.19. The number of rotatable bonds is 8. The average Bonchev–Trinajstić information content (AvgIpc) is 3.57. The number of morpholine rings is 1. The minimum atomic E-state index is -3.55. The number of hydrogen-bond donors (Lipinski definition) is 0. The van der Waals surface area contributed by atoms with E-state index in [0.717, 1.165) is 34.7 Å². The number of hydrogen-bond acceptors (Lipinski definition) is 5. The van der Waals surface area contributed by atoms with Crippen molar-refractivity contribution in [3.8, 4) is 5.75 Å². The quantitative estimate of drug-likeness (QED) is 0.520. The van der Waals surface area contributed by atoms with Crippen molar-refractivity contribution < 1.29 is 17.9 Å². The molecule has 1 saturated carbocycles. The molecule has 0 radical (unpaired) electrons. The van der Waals surface area contributed by atoms with E-state index in [9.17, 15) is 8.42 Å². The Morgan fingerprint density at radius 3 is 2.53 bits per heavy atom. The van der Waals surface area contributed by atoms with Gasteiger partial charge in [0.25, 0.3) is 0 Å². The Bertz CT molecular complexity index is 1190. The Hall–Kier alpha value is -2.42. The van der Waals surface area contributed by atoms with Crippen molar-refractivity contribution in [2.75, 3.05) is 32.9 Å². The van der Waals surface area contributed by atoms with Crippen LogP contribution in [0.5, 0.6) is 5.75 Å². The van der Waals surface area contributed by atoms with Crippen LogP contribution in [0.25, 0.3) is 11.0 Å². The lowest BCUT2D eigenvalue weighted by Gasteiger charge is -2.26. The monoisotopic (exact) mass is 455 g/mol. The molecule has 0 spiro atoms. The van der Waals surface area contributed by atoms with Crippen LogP contribution in [0.4, 0.5) is 0 Å². The number of sulfonamides is 1. The summed E-state index contributed by atoms with van der Waals surface area (Å²) in [5, 5.41) is 0. The summed E-state index contributed by atoms with van der Waals surface area (Å²) in [4.78, 5) is 5.19. The highest BCUT2D eigenvalue weighted by Gasteiger charge is 2.28. The number of ether oxygens (including phenoxy) is 2. The zero-order valence-corrected chi connectivity index (χ0v) is 19.2. The molecule has 5 rings (SSSR count). The fraction of sp³-hybridized carbons (Fsp3) is 0.458. The van der Waals surface area contributed by atoms with Crippen LogP contribution in [0.2, 0.25) is 0 Å². The Labute approximate surface area is 189 Å². The number of aromatic nitrogens is 2. The summed E-state index contributed by atoms with van der Waals surface area (Å²) in [6.07, 6.45) is 3.18. The molecule has 7 nitrogen and oxygen atoms in total. The van der Waals surface area contributed by atoms with E-state index in [4.69, 9.17) is 14.5 Å². The molecule has 2 fully saturated rings. The van der Waals surface area contributed by atoms with Gasteiger partial charge in [-0.3, -0.25) is 0 Å². The minimum Gasteiger partial charge on any atom is -0.494 e. The van der Waals surface area contributed by atoms with Crippen molar-refractivity contribution in [2.24, 2.45) is 5.92 Å². The highest BCUT2D eigenvalue weighted by molar-refractivity contribution is 7.89. The van der Waals surface area contributed by atoms with Gasteiger partial charge in [0.05, 0.1) is 35.7 Å². The zero-order chi connectivity index (χ0) is 22.1. The van der Waals surface area contributed by atoms with Gasteiger partial charge in [-0.15, -0.1) is 0 Å². The summed E-state index contributed by atoms with van der Waals surface area (Å²) in [7, 11) is -3.55. The second kappa shape index (κ2) is 8.84. The molecule has 8 heteroatoms. The second-order valence-corrected chi connectivity index (χ2v) is 10.4. The lowest BCUT2D eigenvalue weighted by Crippen LogP contribution is -2.40. The topological polar surface area (TPSA) is 73.7 Å². The van der Waals surface area contributed by atoms with Crippen LogP contribution in [0, 0.1) is 5.92 Å². The fourth-order valence-electron chi connectivity index (χ4n) is 4.21. The van der Waals surface area contributed by atoms with E-state index >= 15 is 0 Å². The smallest absolute Gasteiger partial charge is 0.243 e. The highest BCUT2D eigenvalue weighted by Crippen LogP contribution is 2.33. The van der Waals surface area contributed by atoms with Crippen LogP contribution in [-0.2, 0) is 27.7 Å². The first kappa shape index (κ1) is 21.4. The Morgan fingerprint density at radius 1 is 1.09 bits per heavy atom. The van der Waals surface area contributed by atoms with Crippen LogP contribution >= 0.6 is 0 Å². The molecule has 2 aliphatic rings. The van der Waals surface area contributed by atoms with Gasteiger partial charge < -0.3 is 14.0 Å². The number of fused-ring (bicyclic) bond motifs is 1. The predicted octanol–water partition coefficient (Wildman–Crippen LogP) is 3.46. The molecular weight excluding hydrogens is 426 g/mol. The Kier molecular flexibility index (Phi) is 5.92. The number of benzene rings is 2. The third-order valence-corrected chi connectivity index (χ3v) is 8.04. The molecule has 1 saturated heterocycles. The van der Waals surface area contributed by atoms with Gasteiger partial charge >= 0.3 is 0 Å². The standard InChI is InChI=1S/C24H29N3O4S/c1-2-31-20-7-5-18(6-8-20)15-24-25-22-16-21(32(28,29)26-11-13-30-14-12-26)9-10-23(22)27(24)17-19-3-4-19/h5-10,16,19H,2-4,11-15,17H2,1H3. The number of nitrogens with zero attached hydrogens (tertiary/aromatic N) is 3. The van der Waals surface area contributed by atoms with E-state index < -0.39 is 10.0 Å². The largest absolute Gasteiger partial charge is 0.494 e. The third-order valence-electron chi connectivity index (χ3n) is 6.14. The van der Waals surface area contributed by atoms with E-state index in [-0.39, 0.29) is 0 Å². The van der Waals surface area contributed by atoms with Crippen LogP contribution in [0.3, 0.4) is 0 Å². The molecule has 1 aliphatic heterocycles. The SMILES string of the molecule is CCOc1ccc(Cc2nc3cc(S(=O)(=O)N4CCOCC4)ccc3n2CC2CC2)cc1. The lowest BCUT2D eigenvalue weighted by molar-refractivity contribution is 0.0730.